The predicted molar refractivity (Wildman–Crippen MR) is 88.2 cm³/mol. The molecule has 0 fully saturated rings. The van der Waals surface area contributed by atoms with Crippen molar-refractivity contribution in [3.8, 4) is 0 Å². The number of hydrogen-bond donors (Lipinski definition) is 2. The van der Waals surface area contributed by atoms with Crippen LogP contribution in [-0.4, -0.2) is 27.1 Å². The van der Waals surface area contributed by atoms with Crippen molar-refractivity contribution >= 4 is 11.5 Å². The third kappa shape index (κ3) is 3.59. The lowest BCUT2D eigenvalue weighted by Crippen LogP contribution is -2.41. The number of nitrogens with one attached hydrogen (secondary N) is 1. The average Bonchev–Trinajstić information content (AvgIpc) is 3.23. The highest BCUT2D eigenvalue weighted by Crippen LogP contribution is 2.44. The Hall–Kier alpha value is -2.68. The van der Waals surface area contributed by atoms with Gasteiger partial charge < -0.3 is 0 Å². The first-order valence-electron chi connectivity index (χ1n) is 8.18. The van der Waals surface area contributed by atoms with Crippen LogP contribution >= 0.6 is 0 Å². The molecule has 1 heterocycles. The van der Waals surface area contributed by atoms with Crippen LogP contribution in [0, 0.1) is 12.7 Å². The van der Waals surface area contributed by atoms with Gasteiger partial charge in [-0.1, -0.05) is 18.2 Å². The quantitative estimate of drug-likeness (QED) is 0.482. The largest absolute Gasteiger partial charge is 0.408 e. The van der Waals surface area contributed by atoms with E-state index in [9.17, 15) is 27.6 Å². The van der Waals surface area contributed by atoms with Crippen molar-refractivity contribution in [1.82, 2.24) is 15.3 Å². The van der Waals surface area contributed by atoms with Crippen molar-refractivity contribution < 1.29 is 27.6 Å². The summed E-state index contributed by atoms with van der Waals surface area (Å²) in [4.78, 5) is 12.5. The molecule has 1 aromatic heterocycles. The predicted octanol–water partition coefficient (Wildman–Crippen LogP) is 3.51. The number of hydrogen-bond acceptors (Lipinski definition) is 3. The molecule has 1 aliphatic carbocycles. The Morgan fingerprint density at radius 2 is 2.15 bits per heavy atom. The zero-order chi connectivity index (χ0) is 19.8. The first-order valence-corrected chi connectivity index (χ1v) is 8.18. The number of rotatable bonds is 4. The average molecular weight is 383 g/mol. The molecule has 144 valence electrons. The number of amides is 1. The number of aromatic nitrogens is 2. The molecule has 9 heteroatoms. The fourth-order valence-corrected chi connectivity index (χ4v) is 3.51. The van der Waals surface area contributed by atoms with Crippen molar-refractivity contribution in [3.05, 3.63) is 59.2 Å². The number of benzene rings is 1. The van der Waals surface area contributed by atoms with Crippen LogP contribution in [0.5, 0.6) is 0 Å². The summed E-state index contributed by atoms with van der Waals surface area (Å²) in [5, 5.41) is 12.9. The van der Waals surface area contributed by atoms with Gasteiger partial charge in [-0.3, -0.25) is 14.7 Å². The van der Waals surface area contributed by atoms with Crippen LogP contribution in [0.4, 0.5) is 17.6 Å². The van der Waals surface area contributed by atoms with E-state index in [-0.39, 0.29) is 12.0 Å². The maximum atomic E-state index is 14.0. The molecule has 1 amide bonds. The number of halogens is 4. The van der Waals surface area contributed by atoms with Crippen molar-refractivity contribution in [2.24, 2.45) is 0 Å². The molecule has 2 N–H and O–H groups in total. The lowest BCUT2D eigenvalue weighted by atomic mass is 9.77. The second kappa shape index (κ2) is 6.80. The van der Waals surface area contributed by atoms with Gasteiger partial charge in [-0.25, -0.2) is 9.87 Å². The Bertz CT molecular complexity index is 904. The maximum absolute atomic E-state index is 14.0. The highest BCUT2D eigenvalue weighted by molar-refractivity contribution is 5.94. The highest BCUT2D eigenvalue weighted by atomic mass is 19.4. The van der Waals surface area contributed by atoms with Crippen LogP contribution in [-0.2, 0) is 16.8 Å². The van der Waals surface area contributed by atoms with Crippen LogP contribution in [0.25, 0.3) is 5.57 Å². The van der Waals surface area contributed by atoms with Gasteiger partial charge in [-0.15, -0.1) is 0 Å². The standard InChI is InChI=1S/C18H17F4N3O2/c1-11-14(3-2-4-15(11)19)17(16(26)24-27)6-5-12(7-17)13-8-23-25(9-13)10-18(20,21)22/h2-4,7-9,27H,5-6,10H2,1H3,(H,24,26). The summed E-state index contributed by atoms with van der Waals surface area (Å²) < 4.78 is 52.3. The van der Waals surface area contributed by atoms with E-state index in [1.807, 2.05) is 0 Å². The molecule has 0 radical (unpaired) electrons. The van der Waals surface area contributed by atoms with E-state index in [0.29, 0.717) is 23.1 Å². The Morgan fingerprint density at radius 1 is 1.41 bits per heavy atom. The zero-order valence-electron chi connectivity index (χ0n) is 14.3. The van der Waals surface area contributed by atoms with E-state index in [4.69, 9.17) is 0 Å². The summed E-state index contributed by atoms with van der Waals surface area (Å²) in [6.07, 6.45) is 0.319. The maximum Gasteiger partial charge on any atom is 0.408 e. The van der Waals surface area contributed by atoms with Gasteiger partial charge in [0.2, 0.25) is 0 Å². The van der Waals surface area contributed by atoms with Crippen molar-refractivity contribution in [2.75, 3.05) is 0 Å². The van der Waals surface area contributed by atoms with E-state index in [1.54, 1.807) is 17.6 Å². The summed E-state index contributed by atoms with van der Waals surface area (Å²) in [6.45, 7) is 0.315. The normalized spacial score (nSPS) is 19.9. The molecule has 1 aromatic carbocycles. The minimum absolute atomic E-state index is 0.240. The molecular weight excluding hydrogens is 366 g/mol. The molecule has 1 aliphatic rings. The van der Waals surface area contributed by atoms with Gasteiger partial charge in [0.15, 0.2) is 0 Å². The third-order valence-electron chi connectivity index (χ3n) is 4.81. The summed E-state index contributed by atoms with van der Waals surface area (Å²) in [5.41, 5.74) is 2.03. The second-order valence-electron chi connectivity index (χ2n) is 6.54. The van der Waals surface area contributed by atoms with Crippen molar-refractivity contribution in [3.63, 3.8) is 0 Å². The minimum atomic E-state index is -4.40. The number of alkyl halides is 3. The van der Waals surface area contributed by atoms with Gasteiger partial charge >= 0.3 is 6.18 Å². The van der Waals surface area contributed by atoms with Crippen LogP contribution in [0.2, 0.25) is 0 Å². The molecule has 0 saturated carbocycles. The van der Waals surface area contributed by atoms with E-state index < -0.39 is 29.9 Å². The van der Waals surface area contributed by atoms with Crippen LogP contribution in [0.1, 0.15) is 29.5 Å². The van der Waals surface area contributed by atoms with Crippen molar-refractivity contribution in [2.45, 2.75) is 37.9 Å². The molecule has 0 aliphatic heterocycles. The van der Waals surface area contributed by atoms with Crippen LogP contribution < -0.4 is 5.48 Å². The molecule has 0 saturated heterocycles. The second-order valence-corrected chi connectivity index (χ2v) is 6.54. The Morgan fingerprint density at radius 3 is 2.81 bits per heavy atom. The number of allylic oxidation sites excluding steroid dienone is 1. The van der Waals surface area contributed by atoms with Gasteiger partial charge in [0, 0.05) is 11.8 Å². The first-order chi connectivity index (χ1) is 12.7. The van der Waals surface area contributed by atoms with Gasteiger partial charge in [-0.05, 0) is 42.5 Å². The Kier molecular flexibility index (Phi) is 4.81. The fraction of sp³-hybridized carbons (Fsp3) is 0.333. The third-order valence-corrected chi connectivity index (χ3v) is 4.81. The lowest BCUT2D eigenvalue weighted by Gasteiger charge is -2.27. The first kappa shape index (κ1) is 19.1. The van der Waals surface area contributed by atoms with E-state index in [1.165, 1.54) is 31.5 Å². The molecule has 27 heavy (non-hydrogen) atoms. The van der Waals surface area contributed by atoms with E-state index >= 15 is 0 Å². The van der Waals surface area contributed by atoms with E-state index in [2.05, 4.69) is 5.10 Å². The number of carbonyl (C=O) groups is 1. The van der Waals surface area contributed by atoms with Crippen LogP contribution in [0.3, 0.4) is 0 Å². The molecule has 1 unspecified atom stereocenters. The van der Waals surface area contributed by atoms with Gasteiger partial charge in [0.25, 0.3) is 5.91 Å². The SMILES string of the molecule is Cc1c(F)cccc1C1(C(=O)NO)C=C(c2cnn(CC(F)(F)F)c2)CC1. The Labute approximate surface area is 152 Å². The number of hydroxylamine groups is 1. The molecule has 0 spiro atoms. The van der Waals surface area contributed by atoms with Crippen molar-refractivity contribution in [1.29, 1.82) is 0 Å². The van der Waals surface area contributed by atoms with E-state index in [0.717, 1.165) is 4.68 Å². The number of carbonyl (C=O) groups excluding carboxylic acids is 1. The summed E-state index contributed by atoms with van der Waals surface area (Å²) >= 11 is 0. The summed E-state index contributed by atoms with van der Waals surface area (Å²) in [7, 11) is 0. The molecule has 3 rings (SSSR count). The van der Waals surface area contributed by atoms with Gasteiger partial charge in [0.05, 0.1) is 11.6 Å². The molecule has 5 nitrogen and oxygen atoms in total. The zero-order valence-corrected chi connectivity index (χ0v) is 14.3. The fourth-order valence-electron chi connectivity index (χ4n) is 3.51. The smallest absolute Gasteiger partial charge is 0.289 e. The molecule has 2 aromatic rings. The summed E-state index contributed by atoms with van der Waals surface area (Å²) in [6, 6.07) is 4.33. The molecule has 1 atom stereocenters. The monoisotopic (exact) mass is 383 g/mol. The summed E-state index contributed by atoms with van der Waals surface area (Å²) in [5.74, 6) is -1.22. The minimum Gasteiger partial charge on any atom is -0.289 e. The lowest BCUT2D eigenvalue weighted by molar-refractivity contribution is -0.142. The highest BCUT2D eigenvalue weighted by Gasteiger charge is 2.43. The Balaban J connectivity index is 2.02. The van der Waals surface area contributed by atoms with Gasteiger partial charge in [-0.2, -0.15) is 18.3 Å². The topological polar surface area (TPSA) is 67.2 Å². The van der Waals surface area contributed by atoms with Gasteiger partial charge in [0.1, 0.15) is 12.4 Å². The van der Waals surface area contributed by atoms with Crippen LogP contribution in [0.15, 0.2) is 36.7 Å². The number of nitrogens with zero attached hydrogens (tertiary/aromatic N) is 2. The molecular formula is C18H17F4N3O2. The molecule has 0 bridgehead atoms.